The van der Waals surface area contributed by atoms with E-state index < -0.39 is 0 Å². The summed E-state index contributed by atoms with van der Waals surface area (Å²) in [7, 11) is 0. The Morgan fingerprint density at radius 2 is 1.62 bits per heavy atom. The molecule has 0 aliphatic carbocycles. The van der Waals surface area contributed by atoms with Gasteiger partial charge in [-0.3, -0.25) is 4.98 Å². The minimum Gasteiger partial charge on any atom is -0.256 e. The molecule has 0 fully saturated rings. The molecule has 0 amide bonds. The molecule has 0 radical (unpaired) electrons. The highest BCUT2D eigenvalue weighted by atomic mass is 14.7. The van der Waals surface area contributed by atoms with Crippen LogP contribution in [0.4, 0.5) is 0 Å². The minimum atomic E-state index is 0.680. The van der Waals surface area contributed by atoms with Crippen LogP contribution in [0.2, 0.25) is 0 Å². The van der Waals surface area contributed by atoms with Gasteiger partial charge in [0.1, 0.15) is 0 Å². The maximum atomic E-state index is 9.20. The largest absolute Gasteiger partial charge is 0.256 e. The van der Waals surface area contributed by atoms with E-state index in [1.54, 1.807) is 0 Å². The van der Waals surface area contributed by atoms with E-state index in [-0.39, 0.29) is 0 Å². The van der Waals surface area contributed by atoms with Gasteiger partial charge in [0, 0.05) is 17.1 Å². The average molecular weight is 308 g/mol. The second-order valence-electron chi connectivity index (χ2n) is 6.17. The maximum Gasteiger partial charge on any atom is 0.0991 e. The van der Waals surface area contributed by atoms with Crippen molar-refractivity contribution < 1.29 is 0 Å². The highest BCUT2D eigenvalue weighted by molar-refractivity contribution is 6.11. The van der Waals surface area contributed by atoms with Crippen molar-refractivity contribution in [2.45, 2.75) is 13.8 Å². The highest BCUT2D eigenvalue weighted by Crippen LogP contribution is 2.32. The zero-order valence-corrected chi connectivity index (χ0v) is 13.7. The standard InChI is InChI=1S/C22H16N2/c1-14-3-5-18(11-15(14)2)22-20-8-7-17-6-4-16(13-23)12-21(17)19(20)9-10-24-22/h3-12H,1-2H3. The average Bonchev–Trinajstić information content (AvgIpc) is 2.63. The first-order chi connectivity index (χ1) is 11.7. The van der Waals surface area contributed by atoms with E-state index in [1.807, 2.05) is 30.5 Å². The van der Waals surface area contributed by atoms with Gasteiger partial charge in [-0.25, -0.2) is 0 Å². The Morgan fingerprint density at radius 1 is 0.792 bits per heavy atom. The summed E-state index contributed by atoms with van der Waals surface area (Å²) in [6.07, 6.45) is 1.85. The second-order valence-corrected chi connectivity index (χ2v) is 6.17. The molecular formula is C22H16N2. The number of nitriles is 1. The van der Waals surface area contributed by atoms with Crippen molar-refractivity contribution in [1.82, 2.24) is 4.98 Å². The number of aryl methyl sites for hydroxylation is 2. The summed E-state index contributed by atoms with van der Waals surface area (Å²) in [6, 6.07) is 20.8. The number of hydrogen-bond acceptors (Lipinski definition) is 2. The van der Waals surface area contributed by atoms with E-state index >= 15 is 0 Å². The van der Waals surface area contributed by atoms with Crippen molar-refractivity contribution >= 4 is 21.5 Å². The van der Waals surface area contributed by atoms with Crippen molar-refractivity contribution in [1.29, 1.82) is 5.26 Å². The van der Waals surface area contributed by atoms with E-state index in [1.165, 1.54) is 11.1 Å². The van der Waals surface area contributed by atoms with Gasteiger partial charge in [0.05, 0.1) is 17.3 Å². The fraction of sp³-hybridized carbons (Fsp3) is 0.0909. The van der Waals surface area contributed by atoms with Gasteiger partial charge in [-0.15, -0.1) is 0 Å². The molecule has 0 aliphatic heterocycles. The van der Waals surface area contributed by atoms with Gasteiger partial charge >= 0.3 is 0 Å². The van der Waals surface area contributed by atoms with Gasteiger partial charge < -0.3 is 0 Å². The number of nitrogens with zero attached hydrogens (tertiary/aromatic N) is 2. The summed E-state index contributed by atoms with van der Waals surface area (Å²) in [5, 5.41) is 13.7. The molecule has 24 heavy (non-hydrogen) atoms. The smallest absolute Gasteiger partial charge is 0.0991 e. The van der Waals surface area contributed by atoms with Crippen molar-refractivity contribution in [3.63, 3.8) is 0 Å². The van der Waals surface area contributed by atoms with Gasteiger partial charge in [-0.1, -0.05) is 30.3 Å². The van der Waals surface area contributed by atoms with Crippen LogP contribution in [-0.4, -0.2) is 4.98 Å². The van der Waals surface area contributed by atoms with Gasteiger partial charge in [-0.2, -0.15) is 5.26 Å². The van der Waals surface area contributed by atoms with E-state index in [0.29, 0.717) is 5.56 Å². The lowest BCUT2D eigenvalue weighted by molar-refractivity contribution is 1.31. The molecule has 3 aromatic carbocycles. The van der Waals surface area contributed by atoms with Crippen molar-refractivity contribution in [3.05, 3.63) is 77.5 Å². The lowest BCUT2D eigenvalue weighted by Crippen LogP contribution is -1.89. The summed E-state index contributed by atoms with van der Waals surface area (Å²) < 4.78 is 0. The molecule has 0 spiro atoms. The van der Waals surface area contributed by atoms with Crippen LogP contribution < -0.4 is 0 Å². The van der Waals surface area contributed by atoms with Crippen LogP contribution in [0.25, 0.3) is 32.8 Å². The van der Waals surface area contributed by atoms with Gasteiger partial charge in [0.2, 0.25) is 0 Å². The second kappa shape index (κ2) is 5.47. The summed E-state index contributed by atoms with van der Waals surface area (Å²) in [5.41, 5.74) is 5.33. The summed E-state index contributed by atoms with van der Waals surface area (Å²) in [4.78, 5) is 4.63. The number of rotatable bonds is 1. The summed E-state index contributed by atoms with van der Waals surface area (Å²) in [5.74, 6) is 0. The van der Waals surface area contributed by atoms with Crippen molar-refractivity contribution in [3.8, 4) is 17.3 Å². The summed E-state index contributed by atoms with van der Waals surface area (Å²) >= 11 is 0. The number of benzene rings is 3. The Bertz CT molecular complexity index is 1130. The third-order valence-corrected chi connectivity index (χ3v) is 4.67. The molecule has 0 unspecified atom stereocenters. The molecule has 2 heteroatoms. The minimum absolute atomic E-state index is 0.680. The zero-order chi connectivity index (χ0) is 16.7. The fourth-order valence-corrected chi connectivity index (χ4v) is 3.17. The predicted octanol–water partition coefficient (Wildman–Crippen LogP) is 5.54. The first kappa shape index (κ1) is 14.4. The zero-order valence-electron chi connectivity index (χ0n) is 13.7. The molecule has 114 valence electrons. The molecule has 0 saturated heterocycles. The molecule has 0 bridgehead atoms. The van der Waals surface area contributed by atoms with E-state index in [2.05, 4.69) is 55.2 Å². The van der Waals surface area contributed by atoms with Crippen LogP contribution in [0.15, 0.2) is 60.8 Å². The van der Waals surface area contributed by atoms with E-state index in [4.69, 9.17) is 0 Å². The first-order valence-electron chi connectivity index (χ1n) is 7.96. The van der Waals surface area contributed by atoms with Crippen molar-refractivity contribution in [2.24, 2.45) is 0 Å². The number of fused-ring (bicyclic) bond motifs is 3. The fourth-order valence-electron chi connectivity index (χ4n) is 3.17. The van der Waals surface area contributed by atoms with Crippen LogP contribution in [0, 0.1) is 25.2 Å². The lowest BCUT2D eigenvalue weighted by atomic mass is 9.96. The molecule has 1 heterocycles. The van der Waals surface area contributed by atoms with Crippen LogP contribution in [0.1, 0.15) is 16.7 Å². The molecule has 0 atom stereocenters. The number of aromatic nitrogens is 1. The molecule has 1 aromatic heterocycles. The molecule has 2 nitrogen and oxygen atoms in total. The van der Waals surface area contributed by atoms with Gasteiger partial charge in [0.25, 0.3) is 0 Å². The quantitative estimate of drug-likeness (QED) is 0.433. The Labute approximate surface area is 141 Å². The third-order valence-electron chi connectivity index (χ3n) is 4.67. The van der Waals surface area contributed by atoms with Gasteiger partial charge in [0.15, 0.2) is 0 Å². The highest BCUT2D eigenvalue weighted by Gasteiger charge is 2.09. The van der Waals surface area contributed by atoms with E-state index in [9.17, 15) is 5.26 Å². The van der Waals surface area contributed by atoms with E-state index in [0.717, 1.165) is 32.8 Å². The van der Waals surface area contributed by atoms with Crippen LogP contribution in [-0.2, 0) is 0 Å². The third kappa shape index (κ3) is 2.23. The summed E-state index contributed by atoms with van der Waals surface area (Å²) in [6.45, 7) is 4.24. The Morgan fingerprint density at radius 3 is 2.42 bits per heavy atom. The first-order valence-corrected chi connectivity index (χ1v) is 7.96. The molecule has 4 aromatic rings. The van der Waals surface area contributed by atoms with Crippen LogP contribution >= 0.6 is 0 Å². The molecule has 0 aliphatic rings. The SMILES string of the molecule is Cc1ccc(-c2nccc3c2ccc2ccc(C#N)cc23)cc1C. The van der Waals surface area contributed by atoms with Crippen LogP contribution in [0.5, 0.6) is 0 Å². The Hall–Kier alpha value is -3.18. The Balaban J connectivity index is 2.06. The molecule has 0 N–H and O–H groups in total. The van der Waals surface area contributed by atoms with Crippen LogP contribution in [0.3, 0.4) is 0 Å². The molecule has 0 saturated carbocycles. The molecule has 4 rings (SSSR count). The topological polar surface area (TPSA) is 36.7 Å². The molecular weight excluding hydrogens is 292 g/mol. The number of pyridine rings is 1. The maximum absolute atomic E-state index is 9.20. The Kier molecular flexibility index (Phi) is 3.29. The van der Waals surface area contributed by atoms with Gasteiger partial charge in [-0.05, 0) is 65.4 Å². The monoisotopic (exact) mass is 308 g/mol. The van der Waals surface area contributed by atoms with Crippen molar-refractivity contribution in [2.75, 3.05) is 0 Å². The predicted molar refractivity (Wildman–Crippen MR) is 98.9 cm³/mol. The number of hydrogen-bond donors (Lipinski definition) is 0. The lowest BCUT2D eigenvalue weighted by Gasteiger charge is -2.10. The normalized spacial score (nSPS) is 10.9.